The highest BCUT2D eigenvalue weighted by atomic mass is 16.1. The zero-order valence-corrected chi connectivity index (χ0v) is 18.2. The number of benzene rings is 2. The highest BCUT2D eigenvalue weighted by molar-refractivity contribution is 6.14. The van der Waals surface area contributed by atoms with Gasteiger partial charge in [0.2, 0.25) is 0 Å². The first-order valence-corrected chi connectivity index (χ1v) is 10.9. The first kappa shape index (κ1) is 22.9. The summed E-state index contributed by atoms with van der Waals surface area (Å²) in [6, 6.07) is 14.5. The average Bonchev–Trinajstić information content (AvgIpc) is 2.80. The van der Waals surface area contributed by atoms with Crippen LogP contribution < -0.4 is 0 Å². The molecule has 0 atom stereocenters. The van der Waals surface area contributed by atoms with Crippen LogP contribution in [0.5, 0.6) is 0 Å². The van der Waals surface area contributed by atoms with Gasteiger partial charge in [-0.1, -0.05) is 84.9 Å². The van der Waals surface area contributed by atoms with Gasteiger partial charge in [0.1, 0.15) is 0 Å². The molecule has 162 valence electrons. The smallest absolute Gasteiger partial charge is 0.185 e. The molecule has 0 amide bonds. The molecule has 1 fully saturated rings. The van der Waals surface area contributed by atoms with Crippen LogP contribution in [0, 0.1) is 5.92 Å². The van der Waals surface area contributed by atoms with Crippen molar-refractivity contribution < 1.29 is 4.79 Å². The van der Waals surface area contributed by atoms with E-state index in [0.29, 0.717) is 17.3 Å². The number of Topliss-reactive ketones (excluding diaryl/α,β-unsaturated/α-hetero) is 1. The molecule has 0 heterocycles. The number of nitrogens with zero attached hydrogens (tertiary/aromatic N) is 6. The molecular weight excluding hydrogens is 400 g/mol. The zero-order chi connectivity index (χ0) is 22.8. The van der Waals surface area contributed by atoms with Crippen LogP contribution >= 0.6 is 0 Å². The average molecular weight is 427 g/mol. The summed E-state index contributed by atoms with van der Waals surface area (Å²) in [5.74, 6) is 0.511. The number of carbonyl (C=O) groups excluding carboxylic acids is 1. The lowest BCUT2D eigenvalue weighted by Crippen LogP contribution is -2.20. The lowest BCUT2D eigenvalue weighted by molar-refractivity contribution is -0.113. The van der Waals surface area contributed by atoms with Crippen molar-refractivity contribution in [2.24, 2.45) is 16.1 Å². The van der Waals surface area contributed by atoms with Crippen LogP contribution in [-0.2, 0) is 4.79 Å². The van der Waals surface area contributed by atoms with Gasteiger partial charge in [-0.05, 0) is 59.5 Å². The van der Waals surface area contributed by atoms with Gasteiger partial charge in [-0.2, -0.15) is 0 Å². The summed E-state index contributed by atoms with van der Waals surface area (Å²) >= 11 is 0. The van der Waals surface area contributed by atoms with Crippen LogP contribution in [0.4, 0.5) is 11.4 Å². The van der Waals surface area contributed by atoms with Crippen LogP contribution in [0.2, 0.25) is 0 Å². The van der Waals surface area contributed by atoms with Gasteiger partial charge in [0.05, 0.1) is 0 Å². The number of hydrogen-bond acceptors (Lipinski definition) is 3. The van der Waals surface area contributed by atoms with Crippen molar-refractivity contribution in [3.8, 4) is 0 Å². The summed E-state index contributed by atoms with van der Waals surface area (Å²) in [5, 5.41) is 7.19. The Bertz CT molecular complexity index is 1020. The Hall–Kier alpha value is -3.79. The van der Waals surface area contributed by atoms with Crippen molar-refractivity contribution in [1.82, 2.24) is 0 Å². The lowest BCUT2D eigenvalue weighted by Gasteiger charge is -2.26. The Morgan fingerprint density at radius 1 is 0.844 bits per heavy atom. The molecule has 0 bridgehead atoms. The third-order valence-corrected chi connectivity index (χ3v) is 5.60. The van der Waals surface area contributed by atoms with Gasteiger partial charge in [0, 0.05) is 32.3 Å². The van der Waals surface area contributed by atoms with Crippen molar-refractivity contribution in [2.45, 2.75) is 45.4 Å². The Kier molecular flexibility index (Phi) is 8.27. The van der Waals surface area contributed by atoms with E-state index in [1.54, 1.807) is 24.3 Å². The molecule has 0 unspecified atom stereocenters. The predicted molar refractivity (Wildman–Crippen MR) is 128 cm³/mol. The SMILES string of the molecule is CCCCCC1CC(=Cc2ccc(N=[N+]=[N-])cc2)C(=O)C(=Cc2ccc(N=[N+]=[N-])cc2)C1. The third kappa shape index (κ3) is 6.35. The molecule has 0 saturated heterocycles. The minimum atomic E-state index is 0.0787. The highest BCUT2D eigenvalue weighted by Gasteiger charge is 2.27. The Labute approximate surface area is 187 Å². The molecule has 2 aromatic carbocycles. The quantitative estimate of drug-likeness (QED) is 0.136. The Balaban J connectivity index is 1.89. The normalized spacial score (nSPS) is 18.3. The van der Waals surface area contributed by atoms with E-state index in [4.69, 9.17) is 11.1 Å². The minimum absolute atomic E-state index is 0.0787. The van der Waals surface area contributed by atoms with Crippen molar-refractivity contribution in [2.75, 3.05) is 0 Å². The molecule has 0 aliphatic heterocycles. The fourth-order valence-electron chi connectivity index (χ4n) is 4.00. The number of rotatable bonds is 8. The van der Waals surface area contributed by atoms with Crippen molar-refractivity contribution in [1.29, 1.82) is 0 Å². The molecule has 7 heteroatoms. The monoisotopic (exact) mass is 426 g/mol. The molecule has 2 aromatic rings. The molecule has 1 aliphatic carbocycles. The van der Waals surface area contributed by atoms with Crippen molar-refractivity contribution >= 4 is 29.3 Å². The van der Waals surface area contributed by atoms with E-state index in [-0.39, 0.29) is 5.78 Å². The maximum atomic E-state index is 13.3. The van der Waals surface area contributed by atoms with E-state index >= 15 is 0 Å². The third-order valence-electron chi connectivity index (χ3n) is 5.60. The maximum absolute atomic E-state index is 13.3. The number of unbranched alkanes of at least 4 members (excludes halogenated alkanes) is 2. The second kappa shape index (κ2) is 11.6. The fourth-order valence-corrected chi connectivity index (χ4v) is 4.00. The fraction of sp³-hybridized carbons (Fsp3) is 0.320. The van der Waals surface area contributed by atoms with Gasteiger partial charge in [0.15, 0.2) is 5.78 Å². The minimum Gasteiger partial charge on any atom is -0.289 e. The summed E-state index contributed by atoms with van der Waals surface area (Å²) in [6.07, 6.45) is 10.1. The summed E-state index contributed by atoms with van der Waals surface area (Å²) < 4.78 is 0. The van der Waals surface area contributed by atoms with Crippen LogP contribution in [0.25, 0.3) is 33.0 Å². The second-order valence-corrected chi connectivity index (χ2v) is 8.00. The zero-order valence-electron chi connectivity index (χ0n) is 18.2. The van der Waals surface area contributed by atoms with E-state index in [1.807, 2.05) is 36.4 Å². The summed E-state index contributed by atoms with van der Waals surface area (Å²) in [4.78, 5) is 18.9. The first-order valence-electron chi connectivity index (χ1n) is 10.9. The largest absolute Gasteiger partial charge is 0.289 e. The van der Waals surface area contributed by atoms with E-state index < -0.39 is 0 Å². The number of azide groups is 2. The van der Waals surface area contributed by atoms with Gasteiger partial charge in [-0.25, -0.2) is 0 Å². The van der Waals surface area contributed by atoms with Gasteiger partial charge in [-0.15, -0.1) is 0 Å². The van der Waals surface area contributed by atoms with E-state index in [2.05, 4.69) is 27.0 Å². The molecule has 7 nitrogen and oxygen atoms in total. The highest BCUT2D eigenvalue weighted by Crippen LogP contribution is 2.35. The van der Waals surface area contributed by atoms with Gasteiger partial charge in [-0.3, -0.25) is 4.79 Å². The number of allylic oxidation sites excluding steroid dienone is 2. The van der Waals surface area contributed by atoms with Gasteiger partial charge >= 0.3 is 0 Å². The summed E-state index contributed by atoms with van der Waals surface area (Å²) in [7, 11) is 0. The van der Waals surface area contributed by atoms with Crippen LogP contribution in [-0.4, -0.2) is 5.78 Å². The van der Waals surface area contributed by atoms with E-state index in [1.165, 1.54) is 12.8 Å². The molecule has 32 heavy (non-hydrogen) atoms. The van der Waals surface area contributed by atoms with Crippen LogP contribution in [0.15, 0.2) is 69.9 Å². The molecule has 0 radical (unpaired) electrons. The molecule has 0 N–H and O–H groups in total. The topological polar surface area (TPSA) is 115 Å². The number of ketones is 1. The van der Waals surface area contributed by atoms with E-state index in [9.17, 15) is 4.79 Å². The van der Waals surface area contributed by atoms with Gasteiger partial charge < -0.3 is 0 Å². The van der Waals surface area contributed by atoms with Crippen LogP contribution in [0.1, 0.15) is 56.6 Å². The maximum Gasteiger partial charge on any atom is 0.185 e. The number of carbonyl (C=O) groups is 1. The second-order valence-electron chi connectivity index (χ2n) is 8.00. The molecule has 3 rings (SSSR count). The molecular formula is C25H26N6O. The lowest BCUT2D eigenvalue weighted by atomic mass is 9.77. The molecule has 0 aromatic heterocycles. The summed E-state index contributed by atoms with van der Waals surface area (Å²) in [6.45, 7) is 2.20. The van der Waals surface area contributed by atoms with E-state index in [0.717, 1.165) is 48.0 Å². The first-order chi connectivity index (χ1) is 15.6. The predicted octanol–water partition coefficient (Wildman–Crippen LogP) is 8.60. The molecule has 1 saturated carbocycles. The Morgan fingerprint density at radius 3 is 1.72 bits per heavy atom. The van der Waals surface area contributed by atoms with Crippen LogP contribution in [0.3, 0.4) is 0 Å². The standard InChI is InChI=1S/C25H26N6O/c1-2-3-4-5-20-16-21(14-18-6-10-23(11-7-18)28-30-26)25(32)22(17-20)15-19-8-12-24(13-9-19)29-31-27/h6-15,20H,2-5,16-17H2,1H3. The molecule has 1 aliphatic rings. The van der Waals surface area contributed by atoms with Gasteiger partial charge in [0.25, 0.3) is 0 Å². The van der Waals surface area contributed by atoms with Crippen molar-refractivity contribution in [3.63, 3.8) is 0 Å². The Morgan fingerprint density at radius 2 is 1.31 bits per heavy atom. The van der Waals surface area contributed by atoms with Crippen molar-refractivity contribution in [3.05, 3.63) is 91.7 Å². The summed E-state index contributed by atoms with van der Waals surface area (Å²) in [5.41, 5.74) is 21.7. The number of hydrogen-bond donors (Lipinski definition) is 0. The molecule has 0 spiro atoms.